The molecule has 1 aromatic heterocycles. The number of nitrogens with two attached hydrogens (primary N) is 1. The molecule has 31 heavy (non-hydrogen) atoms. The standard InChI is InChI=1S/C21H17F6N3O/c1-11-16(19(28)31)9-18(30-11)15-4-2-3-5-17(15)29-10-12-6-13(20(22,23)24)8-14(7-12)21(25,26)27/h2-9,29-30H,10H2,1H3,(H2,28,31). The van der Waals surface area contributed by atoms with Crippen LogP contribution in [0.4, 0.5) is 32.0 Å². The SMILES string of the molecule is Cc1[nH]c(-c2ccccc2NCc2cc(C(F)(F)F)cc(C(F)(F)F)c2)cc1C(N)=O. The van der Waals surface area contributed by atoms with Crippen molar-refractivity contribution >= 4 is 11.6 Å². The van der Waals surface area contributed by atoms with Crippen molar-refractivity contribution in [3.63, 3.8) is 0 Å². The van der Waals surface area contributed by atoms with Crippen LogP contribution in [0.3, 0.4) is 0 Å². The van der Waals surface area contributed by atoms with Crippen LogP contribution in [0.5, 0.6) is 0 Å². The minimum atomic E-state index is -4.92. The first-order valence-corrected chi connectivity index (χ1v) is 8.97. The van der Waals surface area contributed by atoms with E-state index in [2.05, 4.69) is 10.3 Å². The Bertz CT molecular complexity index is 1080. The Morgan fingerprint density at radius 3 is 2.06 bits per heavy atom. The minimum Gasteiger partial charge on any atom is -0.380 e. The van der Waals surface area contributed by atoms with Crippen LogP contribution in [0.2, 0.25) is 0 Å². The van der Waals surface area contributed by atoms with Crippen molar-refractivity contribution in [1.29, 1.82) is 0 Å². The Morgan fingerprint density at radius 1 is 0.968 bits per heavy atom. The van der Waals surface area contributed by atoms with Gasteiger partial charge >= 0.3 is 12.4 Å². The summed E-state index contributed by atoms with van der Waals surface area (Å²) in [4.78, 5) is 14.5. The fraction of sp³-hybridized carbons (Fsp3) is 0.190. The molecule has 164 valence electrons. The zero-order valence-corrected chi connectivity index (χ0v) is 16.1. The van der Waals surface area contributed by atoms with Gasteiger partial charge in [-0.15, -0.1) is 0 Å². The normalized spacial score (nSPS) is 12.1. The number of rotatable bonds is 5. The molecule has 0 aliphatic carbocycles. The summed E-state index contributed by atoms with van der Waals surface area (Å²) in [6, 6.07) is 9.63. The molecule has 1 amide bonds. The van der Waals surface area contributed by atoms with Gasteiger partial charge < -0.3 is 16.0 Å². The number of halogens is 6. The van der Waals surface area contributed by atoms with E-state index in [1.807, 2.05) is 0 Å². The molecule has 0 saturated carbocycles. The van der Waals surface area contributed by atoms with Gasteiger partial charge in [0.2, 0.25) is 0 Å². The molecule has 2 aromatic carbocycles. The third kappa shape index (κ3) is 5.01. The largest absolute Gasteiger partial charge is 0.416 e. The molecular formula is C21H17F6N3O. The number of carbonyl (C=O) groups excluding carboxylic acids is 1. The van der Waals surface area contributed by atoms with E-state index in [9.17, 15) is 31.1 Å². The van der Waals surface area contributed by atoms with E-state index >= 15 is 0 Å². The molecule has 0 unspecified atom stereocenters. The highest BCUT2D eigenvalue weighted by atomic mass is 19.4. The van der Waals surface area contributed by atoms with Gasteiger partial charge in [-0.25, -0.2) is 0 Å². The molecule has 0 fully saturated rings. The van der Waals surface area contributed by atoms with Crippen LogP contribution in [0.15, 0.2) is 48.5 Å². The average molecular weight is 441 g/mol. The third-order valence-electron chi connectivity index (χ3n) is 4.63. The molecule has 0 radical (unpaired) electrons. The molecular weight excluding hydrogens is 424 g/mol. The van der Waals surface area contributed by atoms with Gasteiger partial charge in [0.05, 0.1) is 16.7 Å². The van der Waals surface area contributed by atoms with Crippen molar-refractivity contribution in [2.75, 3.05) is 5.32 Å². The predicted octanol–water partition coefficient (Wildman–Crippen LogP) is 5.74. The van der Waals surface area contributed by atoms with Crippen LogP contribution in [0.25, 0.3) is 11.3 Å². The molecule has 4 N–H and O–H groups in total. The molecule has 3 rings (SSSR count). The van der Waals surface area contributed by atoms with Crippen LogP contribution in [-0.4, -0.2) is 10.9 Å². The monoisotopic (exact) mass is 441 g/mol. The van der Waals surface area contributed by atoms with Crippen LogP contribution < -0.4 is 11.1 Å². The zero-order chi connectivity index (χ0) is 23.0. The maximum Gasteiger partial charge on any atom is 0.416 e. The van der Waals surface area contributed by atoms with Crippen LogP contribution in [0, 0.1) is 6.92 Å². The fourth-order valence-electron chi connectivity index (χ4n) is 3.15. The second kappa shape index (κ2) is 8.01. The molecule has 0 atom stereocenters. The summed E-state index contributed by atoms with van der Waals surface area (Å²) in [5, 5.41) is 2.87. The number of anilines is 1. The highest BCUT2D eigenvalue weighted by Crippen LogP contribution is 2.37. The Balaban J connectivity index is 1.94. The number of aromatic amines is 1. The minimum absolute atomic E-state index is 0.0878. The number of hydrogen-bond acceptors (Lipinski definition) is 2. The summed E-state index contributed by atoms with van der Waals surface area (Å²) in [5.41, 5.74) is 4.73. The van der Waals surface area contributed by atoms with Crippen molar-refractivity contribution in [1.82, 2.24) is 4.98 Å². The molecule has 0 saturated heterocycles. The number of nitrogens with one attached hydrogen (secondary N) is 2. The van der Waals surface area contributed by atoms with E-state index in [-0.39, 0.29) is 23.7 Å². The van der Waals surface area contributed by atoms with Gasteiger partial charge in [-0.2, -0.15) is 26.3 Å². The Hall–Kier alpha value is -3.43. The number of primary amides is 1. The summed E-state index contributed by atoms with van der Waals surface area (Å²) in [5.74, 6) is -0.630. The molecule has 4 nitrogen and oxygen atoms in total. The van der Waals surface area contributed by atoms with Gasteiger partial charge in [-0.3, -0.25) is 4.79 Å². The van der Waals surface area contributed by atoms with Crippen molar-refractivity contribution < 1.29 is 31.1 Å². The fourth-order valence-corrected chi connectivity index (χ4v) is 3.15. The maximum atomic E-state index is 13.1. The van der Waals surface area contributed by atoms with Crippen molar-refractivity contribution in [2.45, 2.75) is 25.8 Å². The smallest absolute Gasteiger partial charge is 0.380 e. The number of para-hydroxylation sites is 1. The number of carbonyl (C=O) groups is 1. The lowest BCUT2D eigenvalue weighted by Crippen LogP contribution is -2.13. The summed E-state index contributed by atoms with van der Waals surface area (Å²) >= 11 is 0. The number of H-pyrrole nitrogens is 1. The van der Waals surface area contributed by atoms with E-state index in [1.54, 1.807) is 31.2 Å². The first-order chi connectivity index (χ1) is 14.4. The summed E-state index contributed by atoms with van der Waals surface area (Å²) in [6.45, 7) is 1.37. The Morgan fingerprint density at radius 2 is 1.55 bits per heavy atom. The number of aryl methyl sites for hydroxylation is 1. The Kier molecular flexibility index (Phi) is 5.75. The van der Waals surface area contributed by atoms with Gasteiger partial charge in [-0.1, -0.05) is 18.2 Å². The van der Waals surface area contributed by atoms with Crippen LogP contribution in [-0.2, 0) is 18.9 Å². The summed E-state index contributed by atoms with van der Waals surface area (Å²) in [7, 11) is 0. The molecule has 0 aliphatic heterocycles. The second-order valence-corrected chi connectivity index (χ2v) is 6.90. The van der Waals surface area contributed by atoms with Crippen molar-refractivity contribution in [2.24, 2.45) is 5.73 Å². The molecule has 1 heterocycles. The molecule has 0 bridgehead atoms. The number of hydrogen-bond donors (Lipinski definition) is 3. The molecule has 0 aliphatic rings. The summed E-state index contributed by atoms with van der Waals surface area (Å²) < 4.78 is 78.4. The van der Waals surface area contributed by atoms with Crippen LogP contribution >= 0.6 is 0 Å². The highest BCUT2D eigenvalue weighted by Gasteiger charge is 2.36. The van der Waals surface area contributed by atoms with E-state index in [4.69, 9.17) is 5.73 Å². The number of benzene rings is 2. The van der Waals surface area contributed by atoms with Gasteiger partial charge in [0, 0.05) is 29.2 Å². The average Bonchev–Trinajstić information content (AvgIpc) is 3.07. The highest BCUT2D eigenvalue weighted by molar-refractivity contribution is 5.96. The van der Waals surface area contributed by atoms with Crippen LogP contribution in [0.1, 0.15) is 32.7 Å². The number of alkyl halides is 6. The molecule has 0 spiro atoms. The lowest BCUT2D eigenvalue weighted by atomic mass is 10.0. The maximum absolute atomic E-state index is 13.1. The summed E-state index contributed by atoms with van der Waals surface area (Å²) in [6.07, 6.45) is -9.83. The second-order valence-electron chi connectivity index (χ2n) is 6.90. The van der Waals surface area contributed by atoms with Gasteiger partial charge in [0.25, 0.3) is 5.91 Å². The van der Waals surface area contributed by atoms with E-state index < -0.39 is 29.4 Å². The quantitative estimate of drug-likeness (QED) is 0.442. The molecule has 3 aromatic rings. The predicted molar refractivity (Wildman–Crippen MR) is 103 cm³/mol. The first-order valence-electron chi connectivity index (χ1n) is 8.97. The first kappa shape index (κ1) is 22.3. The van der Waals surface area contributed by atoms with Crippen molar-refractivity contribution in [3.05, 3.63) is 76.5 Å². The number of aromatic nitrogens is 1. The lowest BCUT2D eigenvalue weighted by molar-refractivity contribution is -0.143. The van der Waals surface area contributed by atoms with E-state index in [0.717, 1.165) is 0 Å². The third-order valence-corrected chi connectivity index (χ3v) is 4.63. The molecule has 10 heteroatoms. The van der Waals surface area contributed by atoms with Gasteiger partial charge in [0.1, 0.15) is 0 Å². The van der Waals surface area contributed by atoms with Crippen molar-refractivity contribution in [3.8, 4) is 11.3 Å². The van der Waals surface area contributed by atoms with Gasteiger partial charge in [-0.05, 0) is 42.8 Å². The number of amides is 1. The van der Waals surface area contributed by atoms with Gasteiger partial charge in [0.15, 0.2) is 0 Å². The lowest BCUT2D eigenvalue weighted by Gasteiger charge is -2.16. The zero-order valence-electron chi connectivity index (χ0n) is 16.1. The topological polar surface area (TPSA) is 70.9 Å². The van der Waals surface area contributed by atoms with E-state index in [1.165, 1.54) is 6.07 Å². The Labute approximate surface area is 173 Å². The van der Waals surface area contributed by atoms with E-state index in [0.29, 0.717) is 34.8 Å².